The molecule has 1 saturated heterocycles. The lowest BCUT2D eigenvalue weighted by Crippen LogP contribution is -2.48. The second kappa shape index (κ2) is 8.94. The van der Waals surface area contributed by atoms with Crippen LogP contribution < -0.4 is 9.47 Å². The van der Waals surface area contributed by atoms with Gasteiger partial charge in [-0.1, -0.05) is 6.07 Å². The topological polar surface area (TPSA) is 54.9 Å². The standard InChI is InChI=1S/C21H23N3O3S2/c1-26-16-5-6-17(27-2)15(12-16)14-23-7-9-24(10-8-23)21(25)19-13-22-20(29-19)18-4-3-11-28-18/h3-6,11-13H,7-10,14H2,1-2H3. The molecule has 152 valence electrons. The molecular formula is C21H23N3O3S2. The number of hydrogen-bond donors (Lipinski definition) is 0. The molecule has 8 heteroatoms. The van der Waals surface area contributed by atoms with Gasteiger partial charge < -0.3 is 14.4 Å². The monoisotopic (exact) mass is 429 g/mol. The molecule has 29 heavy (non-hydrogen) atoms. The summed E-state index contributed by atoms with van der Waals surface area (Å²) in [5.41, 5.74) is 1.09. The number of methoxy groups -OCH3 is 2. The molecule has 2 aromatic heterocycles. The highest BCUT2D eigenvalue weighted by atomic mass is 32.1. The molecule has 0 aliphatic carbocycles. The molecule has 0 radical (unpaired) electrons. The van der Waals surface area contributed by atoms with E-state index >= 15 is 0 Å². The maximum Gasteiger partial charge on any atom is 0.265 e. The molecular weight excluding hydrogens is 406 g/mol. The Bertz CT molecular complexity index is 963. The number of hydrogen-bond acceptors (Lipinski definition) is 7. The van der Waals surface area contributed by atoms with Crippen LogP contribution in [-0.2, 0) is 6.54 Å². The lowest BCUT2D eigenvalue weighted by Gasteiger charge is -2.34. The van der Waals surface area contributed by atoms with Gasteiger partial charge in [0, 0.05) is 38.3 Å². The van der Waals surface area contributed by atoms with E-state index in [0.29, 0.717) is 18.0 Å². The summed E-state index contributed by atoms with van der Waals surface area (Å²) in [6.07, 6.45) is 1.70. The van der Waals surface area contributed by atoms with E-state index in [1.54, 1.807) is 31.8 Å². The first-order valence-electron chi connectivity index (χ1n) is 9.40. The van der Waals surface area contributed by atoms with E-state index < -0.39 is 0 Å². The maximum atomic E-state index is 12.9. The van der Waals surface area contributed by atoms with Crippen LogP contribution in [0.5, 0.6) is 11.5 Å². The lowest BCUT2D eigenvalue weighted by atomic mass is 10.1. The zero-order chi connectivity index (χ0) is 20.2. The Morgan fingerprint density at radius 1 is 1.14 bits per heavy atom. The van der Waals surface area contributed by atoms with Crippen molar-refractivity contribution in [3.8, 4) is 21.4 Å². The summed E-state index contributed by atoms with van der Waals surface area (Å²) in [6, 6.07) is 9.88. The third-order valence-corrected chi connectivity index (χ3v) is 7.01. The number of benzene rings is 1. The number of aromatic nitrogens is 1. The predicted molar refractivity (Wildman–Crippen MR) is 116 cm³/mol. The van der Waals surface area contributed by atoms with Crippen LogP contribution in [0.25, 0.3) is 9.88 Å². The van der Waals surface area contributed by atoms with E-state index in [1.165, 1.54) is 11.3 Å². The van der Waals surface area contributed by atoms with Crippen molar-refractivity contribution in [1.82, 2.24) is 14.8 Å². The number of nitrogens with zero attached hydrogens (tertiary/aromatic N) is 3. The fourth-order valence-corrected chi connectivity index (χ4v) is 5.09. The molecule has 1 aliphatic heterocycles. The molecule has 0 atom stereocenters. The van der Waals surface area contributed by atoms with Crippen LogP contribution in [0, 0.1) is 0 Å². The lowest BCUT2D eigenvalue weighted by molar-refractivity contribution is 0.0632. The normalized spacial score (nSPS) is 14.8. The van der Waals surface area contributed by atoms with E-state index in [9.17, 15) is 4.79 Å². The Morgan fingerprint density at radius 3 is 2.66 bits per heavy atom. The summed E-state index contributed by atoms with van der Waals surface area (Å²) in [5.74, 6) is 1.75. The highest BCUT2D eigenvalue weighted by molar-refractivity contribution is 7.21. The summed E-state index contributed by atoms with van der Waals surface area (Å²) in [7, 11) is 3.35. The van der Waals surface area contributed by atoms with E-state index in [0.717, 1.165) is 46.6 Å². The van der Waals surface area contributed by atoms with E-state index in [1.807, 2.05) is 40.6 Å². The van der Waals surface area contributed by atoms with Gasteiger partial charge in [-0.15, -0.1) is 22.7 Å². The van der Waals surface area contributed by atoms with Gasteiger partial charge in [-0.05, 0) is 29.6 Å². The molecule has 6 nitrogen and oxygen atoms in total. The molecule has 1 aromatic carbocycles. The molecule has 0 saturated carbocycles. The number of thiazole rings is 1. The zero-order valence-corrected chi connectivity index (χ0v) is 18.1. The van der Waals surface area contributed by atoms with Crippen LogP contribution in [-0.4, -0.2) is 61.1 Å². The summed E-state index contributed by atoms with van der Waals surface area (Å²) in [5, 5.41) is 2.93. The number of amides is 1. The van der Waals surface area contributed by atoms with Crippen LogP contribution in [0.15, 0.2) is 41.9 Å². The molecule has 0 unspecified atom stereocenters. The van der Waals surface area contributed by atoms with Crippen molar-refractivity contribution >= 4 is 28.6 Å². The minimum Gasteiger partial charge on any atom is -0.497 e. The Morgan fingerprint density at radius 2 is 1.97 bits per heavy atom. The number of carbonyl (C=O) groups excluding carboxylic acids is 1. The van der Waals surface area contributed by atoms with Gasteiger partial charge >= 0.3 is 0 Å². The molecule has 0 spiro atoms. The maximum absolute atomic E-state index is 12.9. The van der Waals surface area contributed by atoms with Crippen molar-refractivity contribution in [2.45, 2.75) is 6.54 Å². The van der Waals surface area contributed by atoms with Crippen molar-refractivity contribution in [1.29, 1.82) is 0 Å². The van der Waals surface area contributed by atoms with Crippen LogP contribution in [0.1, 0.15) is 15.2 Å². The molecule has 1 amide bonds. The molecule has 3 aromatic rings. The first kappa shape index (κ1) is 19.9. The van der Waals surface area contributed by atoms with Crippen LogP contribution in [0.2, 0.25) is 0 Å². The minimum absolute atomic E-state index is 0.0731. The second-order valence-electron chi connectivity index (χ2n) is 6.75. The predicted octanol–water partition coefficient (Wildman–Crippen LogP) is 3.85. The largest absolute Gasteiger partial charge is 0.497 e. The molecule has 3 heterocycles. The zero-order valence-electron chi connectivity index (χ0n) is 16.5. The minimum atomic E-state index is 0.0731. The smallest absolute Gasteiger partial charge is 0.265 e. The number of thiophene rings is 1. The third-order valence-electron chi connectivity index (χ3n) is 4.99. The van der Waals surface area contributed by atoms with Gasteiger partial charge in [0.2, 0.25) is 0 Å². The van der Waals surface area contributed by atoms with Gasteiger partial charge in [-0.3, -0.25) is 9.69 Å². The Labute approximate surface area is 178 Å². The van der Waals surface area contributed by atoms with Crippen molar-refractivity contribution in [2.75, 3.05) is 40.4 Å². The molecule has 1 fully saturated rings. The number of rotatable bonds is 6. The highest BCUT2D eigenvalue weighted by Gasteiger charge is 2.24. The summed E-state index contributed by atoms with van der Waals surface area (Å²) in [4.78, 5) is 23.4. The first-order valence-corrected chi connectivity index (χ1v) is 11.1. The van der Waals surface area contributed by atoms with Gasteiger partial charge in [0.05, 0.1) is 25.3 Å². The molecule has 1 aliphatic rings. The average Bonchev–Trinajstić information content (AvgIpc) is 3.45. The van der Waals surface area contributed by atoms with E-state index in [2.05, 4.69) is 9.88 Å². The third kappa shape index (κ3) is 4.44. The number of carbonyl (C=O) groups is 1. The number of piperazine rings is 1. The fraction of sp³-hybridized carbons (Fsp3) is 0.333. The van der Waals surface area contributed by atoms with Gasteiger partial charge in [0.25, 0.3) is 5.91 Å². The molecule has 0 N–H and O–H groups in total. The Hall–Kier alpha value is -2.42. The van der Waals surface area contributed by atoms with E-state index in [-0.39, 0.29) is 5.91 Å². The fourth-order valence-electron chi connectivity index (χ4n) is 3.40. The second-order valence-corrected chi connectivity index (χ2v) is 8.73. The average molecular weight is 430 g/mol. The Kier molecular flexibility index (Phi) is 6.13. The summed E-state index contributed by atoms with van der Waals surface area (Å²) >= 11 is 3.11. The van der Waals surface area contributed by atoms with Gasteiger partial charge in [-0.2, -0.15) is 0 Å². The van der Waals surface area contributed by atoms with Crippen molar-refractivity contribution in [3.05, 3.63) is 52.3 Å². The van der Waals surface area contributed by atoms with Gasteiger partial charge in [0.15, 0.2) is 0 Å². The SMILES string of the molecule is COc1ccc(OC)c(CN2CCN(C(=O)c3cnc(-c4cccs4)s3)CC2)c1. The van der Waals surface area contributed by atoms with Crippen LogP contribution in [0.3, 0.4) is 0 Å². The first-order chi connectivity index (χ1) is 14.2. The van der Waals surface area contributed by atoms with Gasteiger partial charge in [-0.25, -0.2) is 4.98 Å². The highest BCUT2D eigenvalue weighted by Crippen LogP contribution is 2.30. The van der Waals surface area contributed by atoms with Crippen molar-refractivity contribution < 1.29 is 14.3 Å². The Balaban J connectivity index is 1.37. The van der Waals surface area contributed by atoms with E-state index in [4.69, 9.17) is 9.47 Å². The van der Waals surface area contributed by atoms with Crippen LogP contribution in [0.4, 0.5) is 0 Å². The van der Waals surface area contributed by atoms with Gasteiger partial charge in [0.1, 0.15) is 21.4 Å². The number of ether oxygens (including phenoxy) is 2. The quantitative estimate of drug-likeness (QED) is 0.596. The van der Waals surface area contributed by atoms with Crippen molar-refractivity contribution in [3.63, 3.8) is 0 Å². The summed E-state index contributed by atoms with van der Waals surface area (Å²) < 4.78 is 10.8. The molecule has 0 bridgehead atoms. The van der Waals surface area contributed by atoms with Crippen LogP contribution >= 0.6 is 22.7 Å². The van der Waals surface area contributed by atoms with Crippen molar-refractivity contribution in [2.24, 2.45) is 0 Å². The molecule has 4 rings (SSSR count). The summed E-state index contributed by atoms with van der Waals surface area (Å²) in [6.45, 7) is 3.82.